The van der Waals surface area contributed by atoms with Gasteiger partial charge in [0.15, 0.2) is 0 Å². The van der Waals surface area contributed by atoms with Gasteiger partial charge in [0, 0.05) is 23.7 Å². The van der Waals surface area contributed by atoms with Crippen LogP contribution in [0, 0.1) is 5.82 Å². The Morgan fingerprint density at radius 1 is 1.26 bits per heavy atom. The molecule has 0 heterocycles. The van der Waals surface area contributed by atoms with Crippen LogP contribution in [0.1, 0.15) is 49.9 Å². The first-order valence-corrected chi connectivity index (χ1v) is 9.42. The maximum Gasteiger partial charge on any atom is 0.254 e. The first-order chi connectivity index (χ1) is 10.8. The molecule has 2 aliphatic carbocycles. The molecule has 0 spiro atoms. The Hall–Kier alpha value is -1.47. The molecule has 5 nitrogen and oxygen atoms in total. The van der Waals surface area contributed by atoms with Gasteiger partial charge in [-0.15, -0.1) is 0 Å². The van der Waals surface area contributed by atoms with Crippen LogP contribution in [0.25, 0.3) is 0 Å². The minimum absolute atomic E-state index is 0.0182. The van der Waals surface area contributed by atoms with E-state index in [0.29, 0.717) is 0 Å². The van der Waals surface area contributed by atoms with E-state index in [4.69, 9.17) is 0 Å². The van der Waals surface area contributed by atoms with Crippen LogP contribution in [-0.2, 0) is 10.0 Å². The normalized spacial score (nSPS) is 18.3. The summed E-state index contributed by atoms with van der Waals surface area (Å²) in [5.74, 6) is -1.08. The Bertz CT molecular complexity index is 723. The lowest BCUT2D eigenvalue weighted by Gasteiger charge is -2.27. The number of amides is 1. The molecule has 0 bridgehead atoms. The molecule has 1 amide bonds. The molecular formula is C16H21FN2O3S. The van der Waals surface area contributed by atoms with Crippen LogP contribution in [-0.4, -0.2) is 37.4 Å². The molecule has 23 heavy (non-hydrogen) atoms. The van der Waals surface area contributed by atoms with Crippen LogP contribution in [0.4, 0.5) is 4.39 Å². The second-order valence-electron chi connectivity index (χ2n) is 6.58. The van der Waals surface area contributed by atoms with Crippen molar-refractivity contribution < 1.29 is 17.6 Å². The number of hydrogen-bond acceptors (Lipinski definition) is 3. The van der Waals surface area contributed by atoms with E-state index < -0.39 is 20.7 Å². The predicted octanol–water partition coefficient (Wildman–Crippen LogP) is 2.28. The van der Waals surface area contributed by atoms with E-state index in [2.05, 4.69) is 4.72 Å². The third kappa shape index (κ3) is 3.55. The SMILES string of the molecule is CC(C)N(C(=O)c1ccc(F)c(S(=O)(=O)NC2CC2)c1)C1CC1. The molecule has 126 valence electrons. The fraction of sp³-hybridized carbons (Fsp3) is 0.562. The molecule has 3 rings (SSSR count). The molecule has 0 saturated heterocycles. The predicted molar refractivity (Wildman–Crippen MR) is 84.1 cm³/mol. The Balaban J connectivity index is 1.91. The molecule has 0 radical (unpaired) electrons. The highest BCUT2D eigenvalue weighted by molar-refractivity contribution is 7.89. The van der Waals surface area contributed by atoms with Crippen LogP contribution in [0.5, 0.6) is 0 Å². The van der Waals surface area contributed by atoms with Crippen LogP contribution in [0.2, 0.25) is 0 Å². The van der Waals surface area contributed by atoms with Gasteiger partial charge in [-0.3, -0.25) is 4.79 Å². The summed E-state index contributed by atoms with van der Waals surface area (Å²) in [6.45, 7) is 3.85. The molecule has 1 aromatic rings. The van der Waals surface area contributed by atoms with Gasteiger partial charge in [-0.05, 0) is 57.7 Å². The quantitative estimate of drug-likeness (QED) is 0.864. The average molecular weight is 340 g/mol. The van der Waals surface area contributed by atoms with E-state index in [-0.39, 0.29) is 29.6 Å². The molecule has 0 aromatic heterocycles. The molecule has 2 saturated carbocycles. The van der Waals surface area contributed by atoms with Gasteiger partial charge in [-0.1, -0.05) is 0 Å². The van der Waals surface area contributed by atoms with Crippen molar-refractivity contribution in [3.05, 3.63) is 29.6 Å². The van der Waals surface area contributed by atoms with Crippen LogP contribution in [0.3, 0.4) is 0 Å². The zero-order chi connectivity index (χ0) is 16.8. The van der Waals surface area contributed by atoms with Gasteiger partial charge in [0.25, 0.3) is 5.91 Å². The highest BCUT2D eigenvalue weighted by atomic mass is 32.2. The Labute approximate surface area is 135 Å². The van der Waals surface area contributed by atoms with Crippen LogP contribution < -0.4 is 4.72 Å². The molecule has 1 aromatic carbocycles. The molecule has 0 unspecified atom stereocenters. The number of nitrogens with zero attached hydrogens (tertiary/aromatic N) is 1. The number of carbonyl (C=O) groups excluding carboxylic acids is 1. The summed E-state index contributed by atoms with van der Waals surface area (Å²) in [5.41, 5.74) is 0.211. The van der Waals surface area contributed by atoms with Crippen molar-refractivity contribution in [2.75, 3.05) is 0 Å². The Morgan fingerprint density at radius 3 is 2.43 bits per heavy atom. The van der Waals surface area contributed by atoms with Crippen molar-refractivity contribution in [3.8, 4) is 0 Å². The monoisotopic (exact) mass is 340 g/mol. The fourth-order valence-corrected chi connectivity index (χ4v) is 4.06. The van der Waals surface area contributed by atoms with E-state index in [9.17, 15) is 17.6 Å². The largest absolute Gasteiger partial charge is 0.333 e. The van der Waals surface area contributed by atoms with Crippen molar-refractivity contribution in [1.82, 2.24) is 9.62 Å². The summed E-state index contributed by atoms with van der Waals surface area (Å²) in [4.78, 5) is 14.0. The summed E-state index contributed by atoms with van der Waals surface area (Å²) in [7, 11) is -3.93. The number of benzene rings is 1. The van der Waals surface area contributed by atoms with Gasteiger partial charge in [-0.2, -0.15) is 0 Å². The second kappa shape index (κ2) is 5.87. The Morgan fingerprint density at radius 2 is 1.91 bits per heavy atom. The maximum atomic E-state index is 14.0. The van der Waals surface area contributed by atoms with E-state index in [1.165, 1.54) is 6.07 Å². The minimum Gasteiger partial charge on any atom is -0.333 e. The smallest absolute Gasteiger partial charge is 0.254 e. The lowest BCUT2D eigenvalue weighted by atomic mass is 10.1. The number of rotatable bonds is 6. The van der Waals surface area contributed by atoms with E-state index in [1.54, 1.807) is 4.90 Å². The van der Waals surface area contributed by atoms with E-state index >= 15 is 0 Å². The molecule has 0 aliphatic heterocycles. The van der Waals surface area contributed by atoms with Gasteiger partial charge in [0.1, 0.15) is 10.7 Å². The summed E-state index contributed by atoms with van der Waals surface area (Å²) >= 11 is 0. The fourth-order valence-electron chi connectivity index (χ4n) is 2.65. The van der Waals surface area contributed by atoms with E-state index in [1.807, 2.05) is 13.8 Å². The maximum absolute atomic E-state index is 14.0. The summed E-state index contributed by atoms with van der Waals surface area (Å²) in [5, 5.41) is 0. The lowest BCUT2D eigenvalue weighted by molar-refractivity contribution is 0.0690. The van der Waals surface area contributed by atoms with Crippen molar-refractivity contribution in [3.63, 3.8) is 0 Å². The molecule has 0 atom stereocenters. The number of carbonyl (C=O) groups is 1. The average Bonchev–Trinajstić information content (AvgIpc) is 3.34. The number of hydrogen-bond donors (Lipinski definition) is 1. The van der Waals surface area contributed by atoms with Gasteiger partial charge in [-0.25, -0.2) is 17.5 Å². The van der Waals surface area contributed by atoms with Gasteiger partial charge in [0.05, 0.1) is 0 Å². The standard InChI is InChI=1S/C16H21FN2O3S/c1-10(2)19(13-6-7-13)16(20)11-3-8-14(17)15(9-11)23(21,22)18-12-4-5-12/h3,8-10,12-13,18H,4-7H2,1-2H3. The molecule has 2 fully saturated rings. The van der Waals surface area contributed by atoms with Gasteiger partial charge >= 0.3 is 0 Å². The lowest BCUT2D eigenvalue weighted by Crippen LogP contribution is -2.39. The summed E-state index contributed by atoms with van der Waals surface area (Å²) in [6, 6.07) is 3.67. The van der Waals surface area contributed by atoms with Crippen LogP contribution in [0.15, 0.2) is 23.1 Å². The van der Waals surface area contributed by atoms with Crippen molar-refractivity contribution in [1.29, 1.82) is 0 Å². The molecular weight excluding hydrogens is 319 g/mol. The Kier molecular flexibility index (Phi) is 4.18. The zero-order valence-corrected chi connectivity index (χ0v) is 14.1. The highest BCUT2D eigenvalue weighted by Gasteiger charge is 2.36. The zero-order valence-electron chi connectivity index (χ0n) is 13.3. The van der Waals surface area contributed by atoms with Gasteiger partial charge < -0.3 is 4.90 Å². The van der Waals surface area contributed by atoms with E-state index in [0.717, 1.165) is 37.8 Å². The topological polar surface area (TPSA) is 66.5 Å². The first kappa shape index (κ1) is 16.4. The molecule has 2 aliphatic rings. The third-order valence-corrected chi connectivity index (χ3v) is 5.63. The number of sulfonamides is 1. The first-order valence-electron chi connectivity index (χ1n) is 7.94. The third-order valence-electron chi connectivity index (χ3n) is 4.10. The van der Waals surface area contributed by atoms with Gasteiger partial charge in [0.2, 0.25) is 10.0 Å². The van der Waals surface area contributed by atoms with Crippen LogP contribution >= 0.6 is 0 Å². The summed E-state index contributed by atoms with van der Waals surface area (Å²) in [6.07, 6.45) is 3.45. The minimum atomic E-state index is -3.93. The van der Waals surface area contributed by atoms with Crippen molar-refractivity contribution in [2.45, 2.75) is 62.6 Å². The summed E-state index contributed by atoms with van der Waals surface area (Å²) < 4.78 is 40.9. The second-order valence-corrected chi connectivity index (χ2v) is 8.26. The van der Waals surface area contributed by atoms with Crippen molar-refractivity contribution >= 4 is 15.9 Å². The number of nitrogens with one attached hydrogen (secondary N) is 1. The molecule has 1 N–H and O–H groups in total. The highest BCUT2D eigenvalue weighted by Crippen LogP contribution is 2.31. The molecule has 7 heteroatoms. The van der Waals surface area contributed by atoms with Crippen molar-refractivity contribution in [2.24, 2.45) is 0 Å². The number of halogens is 1.